The molecule has 1 aromatic carbocycles. The average Bonchev–Trinajstić information content (AvgIpc) is 2.28. The van der Waals surface area contributed by atoms with E-state index < -0.39 is 5.82 Å². The summed E-state index contributed by atoms with van der Waals surface area (Å²) in [7, 11) is 0. The third-order valence-electron chi connectivity index (χ3n) is 2.18. The van der Waals surface area contributed by atoms with Crippen LogP contribution in [0.3, 0.4) is 0 Å². The molecule has 0 radical (unpaired) electrons. The first kappa shape index (κ1) is 10.8. The fourth-order valence-electron chi connectivity index (χ4n) is 1.39. The molecule has 0 saturated carbocycles. The number of nitriles is 1. The minimum atomic E-state index is -0.569. The first-order valence-electron chi connectivity index (χ1n) is 4.66. The highest BCUT2D eigenvalue weighted by Crippen LogP contribution is 2.38. The maximum atomic E-state index is 13.3. The number of hydrogen-bond acceptors (Lipinski definition) is 3. The first-order valence-corrected chi connectivity index (χ1v) is 5.43. The normalized spacial score (nSPS) is 14.1. The third kappa shape index (κ3) is 1.59. The van der Waals surface area contributed by atoms with Crippen LogP contribution in [0, 0.1) is 17.1 Å². The van der Waals surface area contributed by atoms with Crippen molar-refractivity contribution in [2.45, 2.75) is 11.8 Å². The van der Waals surface area contributed by atoms with E-state index in [1.165, 1.54) is 16.4 Å². The van der Waals surface area contributed by atoms with Crippen LogP contribution in [0.15, 0.2) is 17.0 Å². The molecule has 0 atom stereocenters. The molecular formula is C10H8FN3OS. The molecule has 1 aliphatic heterocycles. The van der Waals surface area contributed by atoms with Crippen molar-refractivity contribution in [3.8, 4) is 6.07 Å². The summed E-state index contributed by atoms with van der Waals surface area (Å²) in [5.74, 6) is -0.569. The van der Waals surface area contributed by atoms with Gasteiger partial charge in [0.05, 0.1) is 10.6 Å². The Kier molecular flexibility index (Phi) is 2.71. The molecule has 0 saturated heterocycles. The van der Waals surface area contributed by atoms with Crippen molar-refractivity contribution in [3.63, 3.8) is 0 Å². The van der Waals surface area contributed by atoms with Crippen LogP contribution in [0.4, 0.5) is 14.9 Å². The van der Waals surface area contributed by atoms with Crippen molar-refractivity contribution in [2.75, 3.05) is 11.9 Å². The van der Waals surface area contributed by atoms with Gasteiger partial charge in [-0.25, -0.2) is 9.18 Å². The van der Waals surface area contributed by atoms with Gasteiger partial charge in [0, 0.05) is 6.54 Å². The standard InChI is InChI=1S/C10H8FN3OS/c1-2-14-10(15)13-8-4-3-7(11)6(5-12)9(8)16-14/h3-4H,2H2,1H3,(H,13,15). The summed E-state index contributed by atoms with van der Waals surface area (Å²) in [4.78, 5) is 12.0. The molecule has 2 amide bonds. The van der Waals surface area contributed by atoms with E-state index in [2.05, 4.69) is 5.32 Å². The van der Waals surface area contributed by atoms with Gasteiger partial charge in [0.15, 0.2) is 0 Å². The molecule has 0 unspecified atom stereocenters. The number of anilines is 1. The maximum Gasteiger partial charge on any atom is 0.332 e. The monoisotopic (exact) mass is 237 g/mol. The van der Waals surface area contributed by atoms with Crippen LogP contribution in [0.2, 0.25) is 0 Å². The zero-order chi connectivity index (χ0) is 11.7. The van der Waals surface area contributed by atoms with Gasteiger partial charge in [0.1, 0.15) is 17.4 Å². The van der Waals surface area contributed by atoms with Gasteiger partial charge in [-0.05, 0) is 31.0 Å². The van der Waals surface area contributed by atoms with Crippen molar-refractivity contribution in [1.29, 1.82) is 5.26 Å². The first-order chi connectivity index (χ1) is 7.67. The molecule has 0 aromatic heterocycles. The van der Waals surface area contributed by atoms with Gasteiger partial charge in [0.2, 0.25) is 0 Å². The van der Waals surface area contributed by atoms with Crippen molar-refractivity contribution in [1.82, 2.24) is 4.31 Å². The highest BCUT2D eigenvalue weighted by molar-refractivity contribution is 7.97. The molecule has 0 spiro atoms. The lowest BCUT2D eigenvalue weighted by Crippen LogP contribution is -2.32. The SMILES string of the molecule is CCN1Sc2c(ccc(F)c2C#N)NC1=O. The van der Waals surface area contributed by atoms with E-state index in [0.717, 1.165) is 11.9 Å². The number of nitrogens with zero attached hydrogens (tertiary/aromatic N) is 2. The number of fused-ring (bicyclic) bond motifs is 1. The second-order valence-electron chi connectivity index (χ2n) is 3.13. The zero-order valence-corrected chi connectivity index (χ0v) is 9.27. The van der Waals surface area contributed by atoms with E-state index in [4.69, 9.17) is 5.26 Å². The summed E-state index contributed by atoms with van der Waals surface area (Å²) < 4.78 is 14.8. The predicted octanol–water partition coefficient (Wildman–Crippen LogP) is 2.57. The van der Waals surface area contributed by atoms with E-state index in [9.17, 15) is 9.18 Å². The molecule has 0 fully saturated rings. The zero-order valence-electron chi connectivity index (χ0n) is 8.45. The second-order valence-corrected chi connectivity index (χ2v) is 4.16. The topological polar surface area (TPSA) is 56.1 Å². The van der Waals surface area contributed by atoms with Crippen LogP contribution < -0.4 is 5.32 Å². The lowest BCUT2D eigenvalue weighted by molar-refractivity contribution is 0.239. The molecule has 0 aliphatic carbocycles. The molecule has 16 heavy (non-hydrogen) atoms. The van der Waals surface area contributed by atoms with Crippen LogP contribution in [0.5, 0.6) is 0 Å². The quantitative estimate of drug-likeness (QED) is 0.764. The van der Waals surface area contributed by atoms with Gasteiger partial charge >= 0.3 is 6.03 Å². The van der Waals surface area contributed by atoms with Crippen LogP contribution in [0.1, 0.15) is 12.5 Å². The van der Waals surface area contributed by atoms with Gasteiger partial charge < -0.3 is 5.32 Å². The number of nitrogens with one attached hydrogen (secondary N) is 1. The van der Waals surface area contributed by atoms with E-state index in [0.29, 0.717) is 17.1 Å². The third-order valence-corrected chi connectivity index (χ3v) is 3.43. The number of halogens is 1. The summed E-state index contributed by atoms with van der Waals surface area (Å²) in [5.41, 5.74) is 0.457. The van der Waals surface area contributed by atoms with Crippen molar-refractivity contribution in [2.24, 2.45) is 0 Å². The Labute approximate surface area is 96.2 Å². The summed E-state index contributed by atoms with van der Waals surface area (Å²) in [6, 6.07) is 4.20. The minimum absolute atomic E-state index is 0.0269. The number of carbonyl (C=O) groups excluding carboxylic acids is 1. The van der Waals surface area contributed by atoms with Crippen LogP contribution in [-0.2, 0) is 0 Å². The number of hydrogen-bond donors (Lipinski definition) is 1. The van der Waals surface area contributed by atoms with Gasteiger partial charge in [-0.15, -0.1) is 0 Å². The molecule has 1 aliphatic rings. The highest BCUT2D eigenvalue weighted by Gasteiger charge is 2.26. The molecule has 0 bridgehead atoms. The van der Waals surface area contributed by atoms with E-state index >= 15 is 0 Å². The molecule has 1 aromatic rings. The lowest BCUT2D eigenvalue weighted by atomic mass is 10.2. The molecule has 2 rings (SSSR count). The number of amides is 2. The molecular weight excluding hydrogens is 229 g/mol. The Morgan fingerprint density at radius 3 is 3.00 bits per heavy atom. The average molecular weight is 237 g/mol. The molecule has 1 heterocycles. The molecule has 82 valence electrons. The largest absolute Gasteiger partial charge is 0.332 e. The number of urea groups is 1. The van der Waals surface area contributed by atoms with Gasteiger partial charge in [-0.2, -0.15) is 5.26 Å². The molecule has 1 N–H and O–H groups in total. The second kappa shape index (κ2) is 4.02. The van der Waals surface area contributed by atoms with E-state index in [1.54, 1.807) is 0 Å². The predicted molar refractivity (Wildman–Crippen MR) is 58.4 cm³/mol. The fourth-order valence-corrected chi connectivity index (χ4v) is 2.32. The summed E-state index contributed by atoms with van der Waals surface area (Å²) in [5, 5.41) is 11.5. The Hall–Kier alpha value is -1.74. The lowest BCUT2D eigenvalue weighted by Gasteiger charge is -2.27. The number of benzene rings is 1. The number of carbonyl (C=O) groups is 1. The van der Waals surface area contributed by atoms with Crippen molar-refractivity contribution < 1.29 is 9.18 Å². The summed E-state index contributed by atoms with van der Waals surface area (Å²) in [6.07, 6.45) is 0. The molecule has 6 heteroatoms. The Morgan fingerprint density at radius 2 is 2.38 bits per heavy atom. The van der Waals surface area contributed by atoms with Gasteiger partial charge in [0.25, 0.3) is 0 Å². The van der Waals surface area contributed by atoms with Gasteiger partial charge in [-0.1, -0.05) is 0 Å². The van der Waals surface area contributed by atoms with Gasteiger partial charge in [-0.3, -0.25) is 4.31 Å². The smallest absolute Gasteiger partial charge is 0.306 e. The van der Waals surface area contributed by atoms with Crippen LogP contribution >= 0.6 is 11.9 Å². The molecule has 4 nitrogen and oxygen atoms in total. The van der Waals surface area contributed by atoms with E-state index in [-0.39, 0.29) is 11.6 Å². The summed E-state index contributed by atoms with van der Waals surface area (Å²) in [6.45, 7) is 2.29. The Morgan fingerprint density at radius 1 is 1.62 bits per heavy atom. The van der Waals surface area contributed by atoms with Crippen molar-refractivity contribution in [3.05, 3.63) is 23.5 Å². The van der Waals surface area contributed by atoms with Crippen LogP contribution in [0.25, 0.3) is 0 Å². The number of rotatable bonds is 1. The summed E-state index contributed by atoms with van der Waals surface area (Å²) >= 11 is 1.09. The Bertz CT molecular complexity index is 498. The fraction of sp³-hybridized carbons (Fsp3) is 0.200. The van der Waals surface area contributed by atoms with Crippen molar-refractivity contribution >= 4 is 23.7 Å². The highest BCUT2D eigenvalue weighted by atomic mass is 32.2. The maximum absolute atomic E-state index is 13.3. The van der Waals surface area contributed by atoms with E-state index in [1.807, 2.05) is 13.0 Å². The van der Waals surface area contributed by atoms with Crippen LogP contribution in [-0.4, -0.2) is 16.9 Å². The minimum Gasteiger partial charge on any atom is -0.306 e. The Balaban J connectivity index is 2.53.